The average molecular weight is 475 g/mol. The second-order valence-corrected chi connectivity index (χ2v) is 6.28. The Hall–Kier alpha value is -1.51. The number of rotatable bonds is 6. The number of hydrogen-bond donors (Lipinski definition) is 1. The number of carbonyl (C=O) groups excluding carboxylic acids is 1. The molecule has 1 fully saturated rings. The van der Waals surface area contributed by atoms with Crippen LogP contribution in [-0.4, -0.2) is 57.2 Å². The molecule has 0 amide bonds. The average Bonchev–Trinajstić information content (AvgIpc) is 3.01. The smallest absolute Gasteiger partial charge is 0.310 e. The molecule has 7 heteroatoms. The zero-order chi connectivity index (χ0) is 18.2. The number of esters is 1. The minimum absolute atomic E-state index is 0. The van der Waals surface area contributed by atoms with E-state index in [2.05, 4.69) is 28.2 Å². The van der Waals surface area contributed by atoms with E-state index >= 15 is 0 Å². The van der Waals surface area contributed by atoms with Crippen LogP contribution < -0.4 is 10.1 Å². The second-order valence-electron chi connectivity index (χ2n) is 6.28. The number of halogens is 1. The highest BCUT2D eigenvalue weighted by molar-refractivity contribution is 14.0. The molecule has 146 valence electrons. The molecule has 2 rings (SSSR count). The van der Waals surface area contributed by atoms with Gasteiger partial charge in [-0.15, -0.1) is 24.0 Å². The normalized spacial score (nSPS) is 19.7. The molecule has 0 aromatic heterocycles. The highest BCUT2D eigenvalue weighted by Gasteiger charge is 2.36. The van der Waals surface area contributed by atoms with E-state index in [1.807, 2.05) is 25.1 Å². The molecular formula is C19H30IN3O3. The maximum absolute atomic E-state index is 11.9. The fourth-order valence-corrected chi connectivity index (χ4v) is 3.25. The Balaban J connectivity index is 0.00000338. The standard InChI is InChI=1S/C19H29N3O3.HI/c1-5-25-17-9-7-6-8-15(17)10-11-21-19(20-3)22-12-14(2)16(13-22)18(23)24-4;/h6-9,14,16H,5,10-13H2,1-4H3,(H,20,21);1H. The van der Waals surface area contributed by atoms with Gasteiger partial charge in [0.1, 0.15) is 5.75 Å². The first kappa shape index (κ1) is 22.5. The summed E-state index contributed by atoms with van der Waals surface area (Å²) in [6.07, 6.45) is 0.846. The quantitative estimate of drug-likeness (QED) is 0.297. The molecule has 0 radical (unpaired) electrons. The van der Waals surface area contributed by atoms with Gasteiger partial charge in [-0.1, -0.05) is 25.1 Å². The van der Waals surface area contributed by atoms with Gasteiger partial charge < -0.3 is 19.7 Å². The summed E-state index contributed by atoms with van der Waals surface area (Å²) >= 11 is 0. The van der Waals surface area contributed by atoms with Gasteiger partial charge in [-0.05, 0) is 30.9 Å². The number of benzene rings is 1. The summed E-state index contributed by atoms with van der Waals surface area (Å²) in [5.41, 5.74) is 1.18. The number of para-hydroxylation sites is 1. The summed E-state index contributed by atoms with van der Waals surface area (Å²) in [4.78, 5) is 18.3. The van der Waals surface area contributed by atoms with Crippen LogP contribution in [-0.2, 0) is 16.0 Å². The van der Waals surface area contributed by atoms with Crippen molar-refractivity contribution in [1.29, 1.82) is 0 Å². The van der Waals surface area contributed by atoms with E-state index in [1.54, 1.807) is 7.05 Å². The predicted molar refractivity (Wildman–Crippen MR) is 114 cm³/mol. The summed E-state index contributed by atoms with van der Waals surface area (Å²) < 4.78 is 10.6. The number of guanidine groups is 1. The molecule has 1 saturated heterocycles. The van der Waals surface area contributed by atoms with Crippen LogP contribution in [0.1, 0.15) is 19.4 Å². The van der Waals surface area contributed by atoms with Crippen molar-refractivity contribution in [2.75, 3.05) is 40.4 Å². The van der Waals surface area contributed by atoms with Crippen molar-refractivity contribution in [2.45, 2.75) is 20.3 Å². The minimum Gasteiger partial charge on any atom is -0.494 e. The van der Waals surface area contributed by atoms with Crippen LogP contribution in [0.5, 0.6) is 5.75 Å². The van der Waals surface area contributed by atoms with Gasteiger partial charge in [0, 0.05) is 26.7 Å². The van der Waals surface area contributed by atoms with Gasteiger partial charge in [0.25, 0.3) is 0 Å². The molecule has 1 aliphatic heterocycles. The monoisotopic (exact) mass is 475 g/mol. The van der Waals surface area contributed by atoms with E-state index < -0.39 is 0 Å². The molecule has 0 bridgehead atoms. The fourth-order valence-electron chi connectivity index (χ4n) is 3.25. The number of carbonyl (C=O) groups is 1. The van der Waals surface area contributed by atoms with E-state index in [0.717, 1.165) is 31.2 Å². The number of nitrogens with zero attached hydrogens (tertiary/aromatic N) is 2. The van der Waals surface area contributed by atoms with E-state index in [1.165, 1.54) is 12.7 Å². The Morgan fingerprint density at radius 1 is 1.35 bits per heavy atom. The summed E-state index contributed by atoms with van der Waals surface area (Å²) in [6, 6.07) is 8.09. The zero-order valence-corrected chi connectivity index (χ0v) is 18.4. The topological polar surface area (TPSA) is 63.2 Å². The van der Waals surface area contributed by atoms with Crippen molar-refractivity contribution in [3.63, 3.8) is 0 Å². The number of aliphatic imine (C=N–C) groups is 1. The van der Waals surface area contributed by atoms with Gasteiger partial charge in [0.15, 0.2) is 5.96 Å². The number of ether oxygens (including phenoxy) is 2. The molecule has 2 unspecified atom stereocenters. The van der Waals surface area contributed by atoms with Gasteiger partial charge in [0.05, 0.1) is 19.6 Å². The second kappa shape index (κ2) is 11.3. The van der Waals surface area contributed by atoms with Gasteiger partial charge >= 0.3 is 5.97 Å². The van der Waals surface area contributed by atoms with E-state index in [-0.39, 0.29) is 41.8 Å². The zero-order valence-electron chi connectivity index (χ0n) is 16.0. The molecule has 1 aromatic rings. The fraction of sp³-hybridized carbons (Fsp3) is 0.579. The van der Waals surface area contributed by atoms with Crippen LogP contribution >= 0.6 is 24.0 Å². The van der Waals surface area contributed by atoms with Gasteiger partial charge in [-0.3, -0.25) is 9.79 Å². The number of hydrogen-bond acceptors (Lipinski definition) is 4. The van der Waals surface area contributed by atoms with E-state index in [4.69, 9.17) is 9.47 Å². The first-order valence-corrected chi connectivity index (χ1v) is 8.84. The maximum atomic E-state index is 11.9. The van der Waals surface area contributed by atoms with Crippen molar-refractivity contribution < 1.29 is 14.3 Å². The lowest BCUT2D eigenvalue weighted by Crippen LogP contribution is -2.41. The predicted octanol–water partition coefficient (Wildman–Crippen LogP) is 2.56. The molecule has 1 heterocycles. The van der Waals surface area contributed by atoms with Gasteiger partial charge in [-0.2, -0.15) is 0 Å². The summed E-state index contributed by atoms with van der Waals surface area (Å²) in [5.74, 6) is 1.78. The van der Waals surface area contributed by atoms with Crippen LogP contribution in [0.4, 0.5) is 0 Å². The summed E-state index contributed by atoms with van der Waals surface area (Å²) in [5, 5.41) is 3.40. The molecule has 0 saturated carbocycles. The van der Waals surface area contributed by atoms with Crippen LogP contribution in [0.3, 0.4) is 0 Å². The molecule has 1 N–H and O–H groups in total. The van der Waals surface area contributed by atoms with Crippen molar-refractivity contribution in [3.05, 3.63) is 29.8 Å². The molecule has 6 nitrogen and oxygen atoms in total. The number of likely N-dealkylation sites (tertiary alicyclic amines) is 1. The van der Waals surface area contributed by atoms with Crippen LogP contribution in [0.25, 0.3) is 0 Å². The third-order valence-electron chi connectivity index (χ3n) is 4.58. The van der Waals surface area contributed by atoms with Crippen LogP contribution in [0, 0.1) is 11.8 Å². The SMILES string of the molecule is CCOc1ccccc1CCNC(=NC)N1CC(C)C(C(=O)OC)C1.I. The first-order valence-electron chi connectivity index (χ1n) is 8.84. The lowest BCUT2D eigenvalue weighted by molar-refractivity contribution is -0.145. The Kier molecular flexibility index (Phi) is 9.75. The van der Waals surface area contributed by atoms with Crippen molar-refractivity contribution in [2.24, 2.45) is 16.8 Å². The number of methoxy groups -OCH3 is 1. The first-order chi connectivity index (χ1) is 12.1. The van der Waals surface area contributed by atoms with Crippen molar-refractivity contribution >= 4 is 35.9 Å². The van der Waals surface area contributed by atoms with Crippen LogP contribution in [0.2, 0.25) is 0 Å². The molecule has 26 heavy (non-hydrogen) atoms. The van der Waals surface area contributed by atoms with Crippen molar-refractivity contribution in [3.8, 4) is 5.75 Å². The molecular weight excluding hydrogens is 445 g/mol. The van der Waals surface area contributed by atoms with Gasteiger partial charge in [-0.25, -0.2) is 0 Å². The van der Waals surface area contributed by atoms with Crippen molar-refractivity contribution in [1.82, 2.24) is 10.2 Å². The Labute approximate surface area is 173 Å². The Morgan fingerprint density at radius 3 is 2.73 bits per heavy atom. The minimum atomic E-state index is -0.143. The summed E-state index contributed by atoms with van der Waals surface area (Å²) in [6.45, 7) is 6.92. The molecule has 1 aromatic carbocycles. The molecule has 2 atom stereocenters. The third kappa shape index (κ3) is 5.75. The lowest BCUT2D eigenvalue weighted by atomic mass is 9.99. The van der Waals surface area contributed by atoms with Gasteiger partial charge in [0.2, 0.25) is 0 Å². The third-order valence-corrected chi connectivity index (χ3v) is 4.58. The van der Waals surface area contributed by atoms with Crippen LogP contribution in [0.15, 0.2) is 29.3 Å². The van der Waals surface area contributed by atoms with E-state index in [0.29, 0.717) is 13.2 Å². The number of nitrogens with one attached hydrogen (secondary N) is 1. The molecule has 0 aliphatic carbocycles. The highest BCUT2D eigenvalue weighted by Crippen LogP contribution is 2.24. The Morgan fingerprint density at radius 2 is 2.08 bits per heavy atom. The summed E-state index contributed by atoms with van der Waals surface area (Å²) in [7, 11) is 3.22. The van der Waals surface area contributed by atoms with E-state index in [9.17, 15) is 4.79 Å². The molecule has 1 aliphatic rings. The highest BCUT2D eigenvalue weighted by atomic mass is 127. The largest absolute Gasteiger partial charge is 0.494 e. The maximum Gasteiger partial charge on any atom is 0.310 e. The Bertz CT molecular complexity index is 609. The molecule has 0 spiro atoms. The lowest BCUT2D eigenvalue weighted by Gasteiger charge is -2.21.